The van der Waals surface area contributed by atoms with Crippen LogP contribution in [0.2, 0.25) is 0 Å². The number of amides is 1. The molecule has 8 heteroatoms. The number of benzene rings is 2. The molecule has 7 nitrogen and oxygen atoms in total. The van der Waals surface area contributed by atoms with E-state index in [-0.39, 0.29) is 17.1 Å². The van der Waals surface area contributed by atoms with E-state index in [1.54, 1.807) is 24.3 Å². The Balaban J connectivity index is 2.41. The van der Waals surface area contributed by atoms with E-state index in [1.807, 2.05) is 0 Å². The number of rotatable bonds is 4. The van der Waals surface area contributed by atoms with Crippen LogP contribution in [-0.2, 0) is 9.59 Å². The standard InChI is InChI=1S/C17H14INO6/c1-9(20)24-13-7-14(16(15(22)8-13)25-10(2)21)17(23)19-12-5-3-11(18)4-6-12/h3-8,22H,1-2H3,(H,19,23). The summed E-state index contributed by atoms with van der Waals surface area (Å²) < 4.78 is 10.8. The summed E-state index contributed by atoms with van der Waals surface area (Å²) in [6.45, 7) is 2.32. The topological polar surface area (TPSA) is 102 Å². The molecule has 0 atom stereocenters. The highest BCUT2D eigenvalue weighted by Gasteiger charge is 2.21. The Morgan fingerprint density at radius 2 is 1.60 bits per heavy atom. The van der Waals surface area contributed by atoms with E-state index in [2.05, 4.69) is 27.9 Å². The summed E-state index contributed by atoms with van der Waals surface area (Å²) in [6, 6.07) is 9.29. The van der Waals surface area contributed by atoms with Gasteiger partial charge in [0, 0.05) is 29.2 Å². The van der Waals surface area contributed by atoms with E-state index >= 15 is 0 Å². The van der Waals surface area contributed by atoms with Crippen LogP contribution < -0.4 is 14.8 Å². The molecule has 25 heavy (non-hydrogen) atoms. The highest BCUT2D eigenvalue weighted by Crippen LogP contribution is 2.35. The second-order valence-electron chi connectivity index (χ2n) is 4.97. The predicted octanol–water partition coefficient (Wildman–Crippen LogP) is 3.10. The smallest absolute Gasteiger partial charge is 0.308 e. The number of hydrogen-bond acceptors (Lipinski definition) is 6. The minimum absolute atomic E-state index is 0.0475. The Morgan fingerprint density at radius 3 is 2.16 bits per heavy atom. The zero-order valence-electron chi connectivity index (χ0n) is 13.3. The molecule has 0 saturated heterocycles. The Bertz CT molecular complexity index is 832. The van der Waals surface area contributed by atoms with Crippen LogP contribution in [0.25, 0.3) is 0 Å². The largest absolute Gasteiger partial charge is 0.504 e. The van der Waals surface area contributed by atoms with Crippen LogP contribution in [0.4, 0.5) is 5.69 Å². The minimum Gasteiger partial charge on any atom is -0.504 e. The van der Waals surface area contributed by atoms with Crippen LogP contribution in [0.3, 0.4) is 0 Å². The quantitative estimate of drug-likeness (QED) is 0.418. The number of phenols is 1. The van der Waals surface area contributed by atoms with Gasteiger partial charge < -0.3 is 19.9 Å². The normalized spacial score (nSPS) is 10.0. The third-order valence-electron chi connectivity index (χ3n) is 2.90. The van der Waals surface area contributed by atoms with E-state index < -0.39 is 23.6 Å². The summed E-state index contributed by atoms with van der Waals surface area (Å²) in [7, 11) is 0. The fraction of sp³-hybridized carbons (Fsp3) is 0.118. The molecule has 0 bridgehead atoms. The van der Waals surface area contributed by atoms with Crippen molar-refractivity contribution < 1.29 is 29.0 Å². The van der Waals surface area contributed by atoms with Crippen molar-refractivity contribution in [3.63, 3.8) is 0 Å². The third-order valence-corrected chi connectivity index (χ3v) is 3.62. The predicted molar refractivity (Wildman–Crippen MR) is 97.8 cm³/mol. The van der Waals surface area contributed by atoms with Gasteiger partial charge in [-0.1, -0.05) is 0 Å². The first-order valence-electron chi connectivity index (χ1n) is 7.07. The fourth-order valence-electron chi connectivity index (χ4n) is 1.96. The van der Waals surface area contributed by atoms with Crippen molar-refractivity contribution in [3.8, 4) is 17.2 Å². The molecule has 0 aliphatic rings. The average molecular weight is 455 g/mol. The molecular weight excluding hydrogens is 441 g/mol. The molecule has 130 valence electrons. The maximum Gasteiger partial charge on any atom is 0.308 e. The second-order valence-corrected chi connectivity index (χ2v) is 6.21. The molecule has 2 N–H and O–H groups in total. The molecular formula is C17H14INO6. The van der Waals surface area contributed by atoms with E-state index in [4.69, 9.17) is 9.47 Å². The van der Waals surface area contributed by atoms with Crippen LogP contribution in [0.1, 0.15) is 24.2 Å². The zero-order valence-corrected chi connectivity index (χ0v) is 15.5. The number of esters is 2. The van der Waals surface area contributed by atoms with Crippen molar-refractivity contribution in [1.29, 1.82) is 0 Å². The summed E-state index contributed by atoms with van der Waals surface area (Å²) in [5.41, 5.74) is 0.363. The lowest BCUT2D eigenvalue weighted by Crippen LogP contribution is -2.15. The third kappa shape index (κ3) is 5.18. The van der Waals surface area contributed by atoms with Gasteiger partial charge in [-0.2, -0.15) is 0 Å². The summed E-state index contributed by atoms with van der Waals surface area (Å²) in [5.74, 6) is -2.83. The molecule has 1 amide bonds. The fourth-order valence-corrected chi connectivity index (χ4v) is 2.32. The maximum atomic E-state index is 12.5. The first-order chi connectivity index (χ1) is 11.8. The van der Waals surface area contributed by atoms with Crippen molar-refractivity contribution >= 4 is 46.1 Å². The summed E-state index contributed by atoms with van der Waals surface area (Å²) in [6.07, 6.45) is 0. The van der Waals surface area contributed by atoms with Gasteiger partial charge in [-0.25, -0.2) is 0 Å². The monoisotopic (exact) mass is 455 g/mol. The van der Waals surface area contributed by atoms with Crippen LogP contribution in [-0.4, -0.2) is 23.0 Å². The average Bonchev–Trinajstić information content (AvgIpc) is 2.51. The van der Waals surface area contributed by atoms with Crippen LogP contribution in [0, 0.1) is 3.57 Å². The first-order valence-corrected chi connectivity index (χ1v) is 8.15. The van der Waals surface area contributed by atoms with Gasteiger partial charge in [-0.3, -0.25) is 14.4 Å². The summed E-state index contributed by atoms with van der Waals surface area (Å²) in [5, 5.41) is 12.7. The van der Waals surface area contributed by atoms with Crippen molar-refractivity contribution in [3.05, 3.63) is 45.5 Å². The Labute approximate surface area is 157 Å². The lowest BCUT2D eigenvalue weighted by molar-refractivity contribution is -0.133. The molecule has 0 spiro atoms. The number of nitrogens with one attached hydrogen (secondary N) is 1. The highest BCUT2D eigenvalue weighted by atomic mass is 127. The van der Waals surface area contributed by atoms with Crippen LogP contribution in [0.15, 0.2) is 36.4 Å². The maximum absolute atomic E-state index is 12.5. The Morgan fingerprint density at radius 1 is 1.00 bits per heavy atom. The molecule has 0 heterocycles. The van der Waals surface area contributed by atoms with Gasteiger partial charge in [0.05, 0.1) is 5.56 Å². The van der Waals surface area contributed by atoms with Gasteiger partial charge in [0.15, 0.2) is 11.5 Å². The molecule has 0 aliphatic carbocycles. The van der Waals surface area contributed by atoms with Gasteiger partial charge >= 0.3 is 11.9 Å². The molecule has 0 aromatic heterocycles. The Kier molecular flexibility index (Phi) is 5.97. The van der Waals surface area contributed by atoms with Gasteiger partial charge in [-0.15, -0.1) is 0 Å². The summed E-state index contributed by atoms with van der Waals surface area (Å²) >= 11 is 2.13. The van der Waals surface area contributed by atoms with Gasteiger partial charge in [-0.05, 0) is 52.9 Å². The molecule has 0 unspecified atom stereocenters. The highest BCUT2D eigenvalue weighted by molar-refractivity contribution is 14.1. The number of ether oxygens (including phenoxy) is 2. The minimum atomic E-state index is -0.709. The lowest BCUT2D eigenvalue weighted by atomic mass is 10.1. The molecule has 2 aromatic rings. The summed E-state index contributed by atoms with van der Waals surface area (Å²) in [4.78, 5) is 34.9. The van der Waals surface area contributed by atoms with E-state index in [1.165, 1.54) is 13.0 Å². The molecule has 0 radical (unpaired) electrons. The molecule has 2 rings (SSSR count). The lowest BCUT2D eigenvalue weighted by Gasteiger charge is -2.13. The van der Waals surface area contributed by atoms with Gasteiger partial charge in [0.1, 0.15) is 5.75 Å². The van der Waals surface area contributed by atoms with E-state index in [0.29, 0.717) is 5.69 Å². The molecule has 0 aliphatic heterocycles. The molecule has 0 fully saturated rings. The first kappa shape index (κ1) is 18.7. The number of halogens is 1. The van der Waals surface area contributed by atoms with Crippen molar-refractivity contribution in [2.45, 2.75) is 13.8 Å². The molecule has 0 saturated carbocycles. The van der Waals surface area contributed by atoms with Crippen LogP contribution in [0.5, 0.6) is 17.2 Å². The van der Waals surface area contributed by atoms with E-state index in [0.717, 1.165) is 16.6 Å². The second kappa shape index (κ2) is 7.97. The SMILES string of the molecule is CC(=O)Oc1cc(O)c(OC(C)=O)c(C(=O)Nc2ccc(I)cc2)c1. The van der Waals surface area contributed by atoms with Gasteiger partial charge in [0.2, 0.25) is 0 Å². The zero-order chi connectivity index (χ0) is 18.6. The number of carbonyl (C=O) groups is 3. The van der Waals surface area contributed by atoms with Gasteiger partial charge in [0.25, 0.3) is 5.91 Å². The van der Waals surface area contributed by atoms with E-state index in [9.17, 15) is 19.5 Å². The number of anilines is 1. The number of phenolic OH excluding ortho intramolecular Hbond substituents is 1. The van der Waals surface area contributed by atoms with Crippen molar-refractivity contribution in [2.75, 3.05) is 5.32 Å². The van der Waals surface area contributed by atoms with Crippen molar-refractivity contribution in [2.24, 2.45) is 0 Å². The van der Waals surface area contributed by atoms with Crippen LogP contribution >= 0.6 is 22.6 Å². The number of hydrogen-bond donors (Lipinski definition) is 2. The van der Waals surface area contributed by atoms with Crippen molar-refractivity contribution in [1.82, 2.24) is 0 Å². The molecule has 2 aromatic carbocycles. The Hall–Kier alpha value is -2.62. The number of carbonyl (C=O) groups excluding carboxylic acids is 3. The number of aromatic hydroxyl groups is 1.